The molecule has 25 heavy (non-hydrogen) atoms. The molecule has 0 bridgehead atoms. The predicted octanol–water partition coefficient (Wildman–Crippen LogP) is 1.63. The number of amides is 3. The van der Waals surface area contributed by atoms with Crippen LogP contribution in [-0.4, -0.2) is 31.1 Å². The van der Waals surface area contributed by atoms with Crippen LogP contribution in [0, 0.1) is 0 Å². The number of hydrogen-bond donors (Lipinski definition) is 2. The molecule has 0 spiro atoms. The first-order chi connectivity index (χ1) is 12.1. The Kier molecular flexibility index (Phi) is 6.99. The Hall–Kier alpha value is -3.35. The number of esters is 1. The van der Waals surface area contributed by atoms with Gasteiger partial charge in [-0.1, -0.05) is 48.5 Å². The molecule has 2 N–H and O–H groups in total. The van der Waals surface area contributed by atoms with E-state index in [9.17, 15) is 14.4 Å². The van der Waals surface area contributed by atoms with E-state index in [1.165, 1.54) is 0 Å². The molecular formula is C18H18N2O5. The fraction of sp³-hybridized carbons (Fsp3) is 0.167. The fourth-order valence-electron chi connectivity index (χ4n) is 1.83. The monoisotopic (exact) mass is 342 g/mol. The molecule has 0 aliphatic rings. The van der Waals surface area contributed by atoms with Gasteiger partial charge in [0.15, 0.2) is 13.2 Å². The average molecular weight is 342 g/mol. The lowest BCUT2D eigenvalue weighted by atomic mass is 10.2. The van der Waals surface area contributed by atoms with Gasteiger partial charge in [-0.2, -0.15) is 0 Å². The Bertz CT molecular complexity index is 704. The normalized spacial score (nSPS) is 9.76. The van der Waals surface area contributed by atoms with Crippen LogP contribution in [0.15, 0.2) is 60.7 Å². The highest BCUT2D eigenvalue weighted by Gasteiger charge is 2.11. The van der Waals surface area contributed by atoms with Crippen molar-refractivity contribution < 1.29 is 23.9 Å². The number of para-hydroxylation sites is 1. The fourth-order valence-corrected chi connectivity index (χ4v) is 1.83. The van der Waals surface area contributed by atoms with E-state index in [0.29, 0.717) is 5.75 Å². The largest absolute Gasteiger partial charge is 0.482 e. The maximum absolute atomic E-state index is 11.6. The number of carbonyl (C=O) groups is 3. The highest BCUT2D eigenvalue weighted by atomic mass is 16.6. The first kappa shape index (κ1) is 18.0. The second-order valence-electron chi connectivity index (χ2n) is 4.98. The molecule has 0 atom stereocenters. The number of rotatable bonds is 7. The molecule has 0 aromatic heterocycles. The summed E-state index contributed by atoms with van der Waals surface area (Å²) < 4.78 is 9.92. The zero-order valence-corrected chi connectivity index (χ0v) is 13.4. The Morgan fingerprint density at radius 3 is 2.16 bits per heavy atom. The smallest absolute Gasteiger partial charge is 0.344 e. The van der Waals surface area contributed by atoms with Crippen molar-refractivity contribution in [2.45, 2.75) is 6.54 Å². The van der Waals surface area contributed by atoms with Crippen molar-refractivity contribution in [2.24, 2.45) is 0 Å². The minimum absolute atomic E-state index is 0.282. The van der Waals surface area contributed by atoms with Gasteiger partial charge >= 0.3 is 12.0 Å². The quantitative estimate of drug-likeness (QED) is 0.746. The number of ether oxygens (including phenoxy) is 2. The Morgan fingerprint density at radius 2 is 1.48 bits per heavy atom. The van der Waals surface area contributed by atoms with E-state index < -0.39 is 24.5 Å². The first-order valence-corrected chi connectivity index (χ1v) is 7.58. The number of hydrogen-bond acceptors (Lipinski definition) is 5. The SMILES string of the molecule is O=C(COC(=O)COc1ccccc1)NC(=O)NCc1ccccc1. The van der Waals surface area contributed by atoms with Crippen LogP contribution in [-0.2, 0) is 20.9 Å². The van der Waals surface area contributed by atoms with Gasteiger partial charge in [-0.3, -0.25) is 10.1 Å². The molecule has 0 aliphatic carbocycles. The van der Waals surface area contributed by atoms with E-state index in [1.54, 1.807) is 24.3 Å². The first-order valence-electron chi connectivity index (χ1n) is 7.58. The van der Waals surface area contributed by atoms with E-state index in [0.717, 1.165) is 5.56 Å². The zero-order valence-electron chi connectivity index (χ0n) is 13.4. The van der Waals surface area contributed by atoms with Gasteiger partial charge in [0.2, 0.25) is 0 Å². The summed E-state index contributed by atoms with van der Waals surface area (Å²) in [7, 11) is 0. The van der Waals surface area contributed by atoms with Crippen molar-refractivity contribution in [3.8, 4) is 5.75 Å². The number of nitrogens with one attached hydrogen (secondary N) is 2. The van der Waals surface area contributed by atoms with Gasteiger partial charge in [0.25, 0.3) is 5.91 Å². The van der Waals surface area contributed by atoms with Crippen molar-refractivity contribution in [2.75, 3.05) is 13.2 Å². The van der Waals surface area contributed by atoms with Gasteiger partial charge in [0, 0.05) is 6.54 Å². The van der Waals surface area contributed by atoms with E-state index in [4.69, 9.17) is 9.47 Å². The van der Waals surface area contributed by atoms with Crippen molar-refractivity contribution in [1.82, 2.24) is 10.6 Å². The van der Waals surface area contributed by atoms with Crippen LogP contribution < -0.4 is 15.4 Å². The van der Waals surface area contributed by atoms with Gasteiger partial charge in [0.05, 0.1) is 0 Å². The average Bonchev–Trinajstić information content (AvgIpc) is 2.65. The summed E-state index contributed by atoms with van der Waals surface area (Å²) in [5, 5.41) is 4.60. The van der Waals surface area contributed by atoms with Crippen LogP contribution in [0.2, 0.25) is 0 Å². The van der Waals surface area contributed by atoms with Crippen molar-refractivity contribution in [1.29, 1.82) is 0 Å². The Morgan fingerprint density at radius 1 is 0.840 bits per heavy atom. The van der Waals surface area contributed by atoms with E-state index in [1.807, 2.05) is 36.4 Å². The summed E-state index contributed by atoms with van der Waals surface area (Å²) in [6.45, 7) is -0.599. The maximum Gasteiger partial charge on any atom is 0.344 e. The summed E-state index contributed by atoms with van der Waals surface area (Å²) >= 11 is 0. The molecule has 0 aliphatic heterocycles. The second-order valence-corrected chi connectivity index (χ2v) is 4.98. The van der Waals surface area contributed by atoms with Crippen molar-refractivity contribution in [3.63, 3.8) is 0 Å². The molecule has 2 aromatic carbocycles. The van der Waals surface area contributed by atoms with Crippen molar-refractivity contribution in [3.05, 3.63) is 66.2 Å². The highest BCUT2D eigenvalue weighted by molar-refractivity contribution is 5.95. The summed E-state index contributed by atoms with van der Waals surface area (Å²) in [6, 6.07) is 17.3. The minimum atomic E-state index is -0.723. The second kappa shape index (κ2) is 9.71. The van der Waals surface area contributed by atoms with Gasteiger partial charge in [-0.05, 0) is 17.7 Å². The molecule has 7 heteroatoms. The molecule has 0 heterocycles. The Labute approximate surface area is 144 Å². The molecule has 7 nitrogen and oxygen atoms in total. The molecule has 0 fully saturated rings. The molecule has 0 unspecified atom stereocenters. The molecule has 0 saturated carbocycles. The van der Waals surface area contributed by atoms with E-state index in [2.05, 4.69) is 10.6 Å². The lowest BCUT2D eigenvalue weighted by Gasteiger charge is -2.08. The van der Waals surface area contributed by atoms with Gasteiger partial charge < -0.3 is 14.8 Å². The maximum atomic E-state index is 11.6. The summed E-state index contributed by atoms with van der Waals surface area (Å²) in [6.07, 6.45) is 0. The molecule has 0 radical (unpaired) electrons. The van der Waals surface area contributed by atoms with Crippen LogP contribution in [0.1, 0.15) is 5.56 Å². The molecule has 130 valence electrons. The highest BCUT2D eigenvalue weighted by Crippen LogP contribution is 2.07. The third kappa shape index (κ3) is 7.17. The number of carbonyl (C=O) groups excluding carboxylic acids is 3. The molecule has 2 rings (SSSR count). The van der Waals surface area contributed by atoms with Gasteiger partial charge in [-0.25, -0.2) is 9.59 Å². The van der Waals surface area contributed by atoms with Gasteiger partial charge in [-0.15, -0.1) is 0 Å². The lowest BCUT2D eigenvalue weighted by Crippen LogP contribution is -2.41. The van der Waals surface area contributed by atoms with Crippen LogP contribution in [0.4, 0.5) is 4.79 Å². The van der Waals surface area contributed by atoms with E-state index >= 15 is 0 Å². The summed E-state index contributed by atoms with van der Waals surface area (Å²) in [5.41, 5.74) is 0.898. The number of urea groups is 1. The van der Waals surface area contributed by atoms with Crippen molar-refractivity contribution >= 4 is 17.9 Å². The van der Waals surface area contributed by atoms with Crippen LogP contribution in [0.5, 0.6) is 5.75 Å². The molecule has 0 saturated heterocycles. The van der Waals surface area contributed by atoms with Crippen LogP contribution in [0.3, 0.4) is 0 Å². The third-order valence-electron chi connectivity index (χ3n) is 3.01. The summed E-state index contributed by atoms with van der Waals surface area (Å²) in [5.74, 6) is -0.911. The molecular weight excluding hydrogens is 324 g/mol. The van der Waals surface area contributed by atoms with Gasteiger partial charge in [0.1, 0.15) is 5.75 Å². The number of benzene rings is 2. The zero-order chi connectivity index (χ0) is 17.9. The lowest BCUT2D eigenvalue weighted by molar-refractivity contribution is -0.150. The number of imide groups is 1. The third-order valence-corrected chi connectivity index (χ3v) is 3.01. The van der Waals surface area contributed by atoms with E-state index in [-0.39, 0.29) is 13.2 Å². The minimum Gasteiger partial charge on any atom is -0.482 e. The summed E-state index contributed by atoms with van der Waals surface area (Å²) in [4.78, 5) is 34.6. The standard InChI is InChI=1S/C18H18N2O5/c21-16(20-18(23)19-11-14-7-3-1-4-8-14)12-25-17(22)13-24-15-9-5-2-6-10-15/h1-10H,11-13H2,(H2,19,20,21,23). The molecule has 3 amide bonds. The van der Waals surface area contributed by atoms with Crippen LogP contribution >= 0.6 is 0 Å². The van der Waals surface area contributed by atoms with Crippen LogP contribution in [0.25, 0.3) is 0 Å². The predicted molar refractivity (Wildman–Crippen MR) is 89.7 cm³/mol. The Balaban J connectivity index is 1.61. The topological polar surface area (TPSA) is 93.7 Å². The molecule has 2 aromatic rings.